The van der Waals surface area contributed by atoms with Gasteiger partial charge in [-0.05, 0) is 31.5 Å². The van der Waals surface area contributed by atoms with Crippen LogP contribution < -0.4 is 5.32 Å². The molecule has 2 N–H and O–H groups in total. The molecule has 1 amide bonds. The third-order valence-electron chi connectivity index (χ3n) is 3.27. The number of nitrogens with one attached hydrogen (secondary N) is 1. The van der Waals surface area contributed by atoms with Crippen LogP contribution in [0.3, 0.4) is 0 Å². The van der Waals surface area contributed by atoms with E-state index in [-0.39, 0.29) is 12.5 Å². The highest BCUT2D eigenvalue weighted by molar-refractivity contribution is 7.99. The monoisotopic (exact) mass is 319 g/mol. The standard InChI is InChI=1S/C17H21NO3S/c1-13-5-3-6-14(9-13)10-22-11-16(19)18-12-17(2,20)15-7-4-8-21-15/h3-9,20H,10-12H2,1-2H3,(H,18,19). The summed E-state index contributed by atoms with van der Waals surface area (Å²) in [4.78, 5) is 11.8. The molecule has 118 valence electrons. The molecule has 2 aromatic rings. The van der Waals surface area contributed by atoms with Gasteiger partial charge < -0.3 is 14.8 Å². The smallest absolute Gasteiger partial charge is 0.230 e. The molecule has 1 heterocycles. The van der Waals surface area contributed by atoms with E-state index in [1.807, 2.05) is 6.07 Å². The highest BCUT2D eigenvalue weighted by Crippen LogP contribution is 2.20. The van der Waals surface area contributed by atoms with Crippen molar-refractivity contribution in [1.29, 1.82) is 0 Å². The van der Waals surface area contributed by atoms with Gasteiger partial charge in [0, 0.05) is 5.75 Å². The van der Waals surface area contributed by atoms with Crippen LogP contribution in [0.25, 0.3) is 0 Å². The molecule has 0 fully saturated rings. The molecule has 0 radical (unpaired) electrons. The van der Waals surface area contributed by atoms with Crippen molar-refractivity contribution in [3.63, 3.8) is 0 Å². The Kier molecular flexibility index (Phi) is 5.69. The number of aliphatic hydroxyl groups is 1. The Morgan fingerprint density at radius 3 is 2.86 bits per heavy atom. The zero-order valence-corrected chi connectivity index (χ0v) is 13.7. The molecule has 2 rings (SSSR count). The lowest BCUT2D eigenvalue weighted by Crippen LogP contribution is -2.39. The van der Waals surface area contributed by atoms with E-state index in [9.17, 15) is 9.90 Å². The maximum atomic E-state index is 11.8. The van der Waals surface area contributed by atoms with E-state index in [1.165, 1.54) is 17.4 Å². The van der Waals surface area contributed by atoms with E-state index in [0.29, 0.717) is 11.5 Å². The van der Waals surface area contributed by atoms with E-state index in [4.69, 9.17) is 4.42 Å². The molecule has 1 aromatic heterocycles. The van der Waals surface area contributed by atoms with Gasteiger partial charge in [-0.2, -0.15) is 0 Å². The molecule has 0 saturated carbocycles. The Morgan fingerprint density at radius 2 is 2.18 bits per heavy atom. The molecule has 0 bridgehead atoms. The summed E-state index contributed by atoms with van der Waals surface area (Å²) in [6.45, 7) is 3.80. The van der Waals surface area contributed by atoms with E-state index in [1.54, 1.807) is 30.8 Å². The Morgan fingerprint density at radius 1 is 1.36 bits per heavy atom. The predicted molar refractivity (Wildman–Crippen MR) is 88.6 cm³/mol. The van der Waals surface area contributed by atoms with Crippen LogP contribution in [-0.4, -0.2) is 23.3 Å². The molecule has 1 unspecified atom stereocenters. The lowest BCUT2D eigenvalue weighted by atomic mass is 10.0. The first-order chi connectivity index (χ1) is 10.5. The maximum Gasteiger partial charge on any atom is 0.230 e. The fourth-order valence-electron chi connectivity index (χ4n) is 2.06. The summed E-state index contributed by atoms with van der Waals surface area (Å²) in [7, 11) is 0. The third kappa shape index (κ3) is 4.93. The zero-order chi connectivity index (χ0) is 16.0. The van der Waals surface area contributed by atoms with E-state index in [2.05, 4.69) is 30.4 Å². The first-order valence-electron chi connectivity index (χ1n) is 7.14. The second-order valence-corrected chi connectivity index (χ2v) is 6.50. The van der Waals surface area contributed by atoms with Gasteiger partial charge in [-0.1, -0.05) is 29.8 Å². The Balaban J connectivity index is 1.72. The van der Waals surface area contributed by atoms with Crippen molar-refractivity contribution in [3.05, 3.63) is 59.5 Å². The Hall–Kier alpha value is -1.72. The number of carbonyl (C=O) groups excluding carboxylic acids is 1. The van der Waals surface area contributed by atoms with Gasteiger partial charge in [0.25, 0.3) is 0 Å². The van der Waals surface area contributed by atoms with Crippen molar-refractivity contribution in [2.75, 3.05) is 12.3 Å². The third-order valence-corrected chi connectivity index (χ3v) is 4.27. The average Bonchev–Trinajstić information content (AvgIpc) is 3.00. The molecule has 0 spiro atoms. The minimum Gasteiger partial charge on any atom is -0.466 e. The average molecular weight is 319 g/mol. The van der Waals surface area contributed by atoms with Crippen LogP contribution >= 0.6 is 11.8 Å². The topological polar surface area (TPSA) is 62.5 Å². The second kappa shape index (κ2) is 7.51. The summed E-state index contributed by atoms with van der Waals surface area (Å²) in [5.74, 6) is 1.51. The van der Waals surface area contributed by atoms with Crippen LogP contribution in [0.1, 0.15) is 23.8 Å². The normalized spacial score (nSPS) is 13.6. The van der Waals surface area contributed by atoms with Crippen LogP contribution in [0.15, 0.2) is 47.1 Å². The maximum absolute atomic E-state index is 11.8. The quantitative estimate of drug-likeness (QED) is 0.824. The van der Waals surface area contributed by atoms with Gasteiger partial charge in [-0.15, -0.1) is 11.8 Å². The fourth-order valence-corrected chi connectivity index (χ4v) is 2.86. The minimum absolute atomic E-state index is 0.0931. The number of hydrogen-bond donors (Lipinski definition) is 2. The molecule has 5 heteroatoms. The largest absolute Gasteiger partial charge is 0.466 e. The van der Waals surface area contributed by atoms with Crippen molar-refractivity contribution in [3.8, 4) is 0 Å². The molecule has 0 saturated heterocycles. The number of carbonyl (C=O) groups is 1. The number of aryl methyl sites for hydroxylation is 1. The predicted octanol–water partition coefficient (Wildman–Crippen LogP) is 2.85. The SMILES string of the molecule is Cc1cccc(CSCC(=O)NCC(C)(O)c2ccco2)c1. The number of thioether (sulfide) groups is 1. The van der Waals surface area contributed by atoms with Gasteiger partial charge in [0.15, 0.2) is 0 Å². The van der Waals surface area contributed by atoms with Gasteiger partial charge in [-0.3, -0.25) is 4.79 Å². The number of hydrogen-bond acceptors (Lipinski definition) is 4. The summed E-state index contributed by atoms with van der Waals surface area (Å²) < 4.78 is 5.17. The summed E-state index contributed by atoms with van der Waals surface area (Å²) in [6, 6.07) is 11.7. The van der Waals surface area contributed by atoms with Crippen molar-refractivity contribution < 1.29 is 14.3 Å². The lowest BCUT2D eigenvalue weighted by Gasteiger charge is -2.21. The van der Waals surface area contributed by atoms with Crippen LogP contribution in [0.5, 0.6) is 0 Å². The Bertz CT molecular complexity index is 608. The van der Waals surface area contributed by atoms with Gasteiger partial charge in [0.1, 0.15) is 11.4 Å². The molecule has 0 aliphatic carbocycles. The van der Waals surface area contributed by atoms with Crippen LogP contribution in [0.2, 0.25) is 0 Å². The number of furan rings is 1. The van der Waals surface area contributed by atoms with Crippen molar-refractivity contribution in [1.82, 2.24) is 5.32 Å². The molecular weight excluding hydrogens is 298 g/mol. The fraction of sp³-hybridized carbons (Fsp3) is 0.353. The van der Waals surface area contributed by atoms with Crippen molar-refractivity contribution >= 4 is 17.7 Å². The Labute approximate surface area is 134 Å². The number of benzene rings is 1. The highest BCUT2D eigenvalue weighted by Gasteiger charge is 2.26. The van der Waals surface area contributed by atoms with E-state index in [0.717, 1.165) is 5.75 Å². The van der Waals surface area contributed by atoms with Gasteiger partial charge in [-0.25, -0.2) is 0 Å². The first kappa shape index (κ1) is 16.6. The summed E-state index contributed by atoms with van der Waals surface area (Å²) >= 11 is 1.55. The van der Waals surface area contributed by atoms with Crippen molar-refractivity contribution in [2.24, 2.45) is 0 Å². The lowest BCUT2D eigenvalue weighted by molar-refractivity contribution is -0.119. The van der Waals surface area contributed by atoms with Crippen molar-refractivity contribution in [2.45, 2.75) is 25.2 Å². The summed E-state index contributed by atoms with van der Waals surface area (Å²) in [5, 5.41) is 13.0. The van der Waals surface area contributed by atoms with Gasteiger partial charge in [0.05, 0.1) is 18.6 Å². The zero-order valence-electron chi connectivity index (χ0n) is 12.8. The van der Waals surface area contributed by atoms with Crippen LogP contribution in [0.4, 0.5) is 0 Å². The van der Waals surface area contributed by atoms with E-state index >= 15 is 0 Å². The second-order valence-electron chi connectivity index (χ2n) is 5.51. The summed E-state index contributed by atoms with van der Waals surface area (Å²) in [6.07, 6.45) is 1.50. The number of amides is 1. The van der Waals surface area contributed by atoms with Gasteiger partial charge in [0.2, 0.25) is 5.91 Å². The molecule has 4 nitrogen and oxygen atoms in total. The molecule has 22 heavy (non-hydrogen) atoms. The molecular formula is C17H21NO3S. The first-order valence-corrected chi connectivity index (χ1v) is 8.29. The molecule has 0 aliphatic heterocycles. The van der Waals surface area contributed by atoms with Crippen LogP contribution in [-0.2, 0) is 16.1 Å². The van der Waals surface area contributed by atoms with Crippen LogP contribution in [0, 0.1) is 6.92 Å². The van der Waals surface area contributed by atoms with E-state index < -0.39 is 5.60 Å². The highest BCUT2D eigenvalue weighted by atomic mass is 32.2. The molecule has 1 atom stereocenters. The van der Waals surface area contributed by atoms with Gasteiger partial charge >= 0.3 is 0 Å². The molecule has 1 aromatic carbocycles. The minimum atomic E-state index is -1.19. The summed E-state index contributed by atoms with van der Waals surface area (Å²) in [5.41, 5.74) is 1.23. The number of rotatable bonds is 7. The molecule has 0 aliphatic rings.